The van der Waals surface area contributed by atoms with E-state index in [1.165, 1.54) is 26.3 Å². The first-order valence-corrected chi connectivity index (χ1v) is 13.9. The second-order valence-corrected chi connectivity index (χ2v) is 11.1. The second kappa shape index (κ2) is 12.3. The second-order valence-electron chi connectivity index (χ2n) is 10.7. The van der Waals surface area contributed by atoms with Crippen molar-refractivity contribution in [3.8, 4) is 5.75 Å². The summed E-state index contributed by atoms with van der Waals surface area (Å²) in [7, 11) is 2.58. The van der Waals surface area contributed by atoms with E-state index in [0.29, 0.717) is 22.9 Å². The molecule has 2 N–H and O–H groups in total. The van der Waals surface area contributed by atoms with Gasteiger partial charge >= 0.3 is 6.18 Å². The SMILES string of the molecule is COc1cccc([C@@](O)(C(=O)N(C)CCCC2CCN(c3ccc(C(=O)NC4CC4)c(Cl)c3)CC2)C(F)(F)F)c1. The Morgan fingerprint density at radius 3 is 2.42 bits per heavy atom. The zero-order valence-corrected chi connectivity index (χ0v) is 23.4. The maximum absolute atomic E-state index is 14.0. The highest BCUT2D eigenvalue weighted by Crippen LogP contribution is 2.41. The molecule has 2 fully saturated rings. The average Bonchev–Trinajstić information content (AvgIpc) is 3.75. The number of carbonyl (C=O) groups is 2. The van der Waals surface area contributed by atoms with Crippen LogP contribution in [-0.4, -0.2) is 67.8 Å². The van der Waals surface area contributed by atoms with Gasteiger partial charge in [-0.15, -0.1) is 0 Å². The van der Waals surface area contributed by atoms with Crippen molar-refractivity contribution in [2.45, 2.75) is 56.3 Å². The van der Waals surface area contributed by atoms with Crippen LogP contribution in [0, 0.1) is 5.92 Å². The molecular weight excluding hydrogens is 547 g/mol. The maximum atomic E-state index is 14.0. The molecule has 0 radical (unpaired) electrons. The van der Waals surface area contributed by atoms with Crippen LogP contribution in [-0.2, 0) is 10.4 Å². The summed E-state index contributed by atoms with van der Waals surface area (Å²) >= 11 is 6.40. The summed E-state index contributed by atoms with van der Waals surface area (Å²) in [6, 6.07) is 10.6. The van der Waals surface area contributed by atoms with Crippen molar-refractivity contribution >= 4 is 29.1 Å². The molecule has 11 heteroatoms. The van der Waals surface area contributed by atoms with E-state index < -0.39 is 23.2 Å². The van der Waals surface area contributed by atoms with E-state index in [2.05, 4.69) is 10.2 Å². The van der Waals surface area contributed by atoms with E-state index in [4.69, 9.17) is 16.3 Å². The van der Waals surface area contributed by atoms with E-state index in [1.54, 1.807) is 6.07 Å². The van der Waals surface area contributed by atoms with Gasteiger partial charge < -0.3 is 25.0 Å². The predicted molar refractivity (Wildman–Crippen MR) is 147 cm³/mol. The van der Waals surface area contributed by atoms with Crippen LogP contribution in [0.4, 0.5) is 18.9 Å². The lowest BCUT2D eigenvalue weighted by atomic mass is 9.90. The Hall–Kier alpha value is -2.98. The summed E-state index contributed by atoms with van der Waals surface area (Å²) < 4.78 is 47.0. The van der Waals surface area contributed by atoms with Crippen LogP contribution in [0.1, 0.15) is 54.4 Å². The van der Waals surface area contributed by atoms with Gasteiger partial charge in [-0.3, -0.25) is 9.59 Å². The van der Waals surface area contributed by atoms with E-state index in [1.807, 2.05) is 12.1 Å². The molecule has 1 aliphatic carbocycles. The lowest BCUT2D eigenvalue weighted by molar-refractivity contribution is -0.261. The standard InChI is InChI=1S/C29H35ClF3N3O4/c1-35(27(38)28(39,29(31,32)33)20-6-3-7-23(17-20)40-2)14-4-5-19-12-15-36(16-13-19)22-10-11-24(25(30)18-22)26(37)34-21-8-9-21/h3,6-7,10-11,17-19,21,39H,4-5,8-9,12-16H2,1-2H3,(H,34,37)/t28-/m1/s1. The number of methoxy groups -OCH3 is 1. The number of hydrogen-bond acceptors (Lipinski definition) is 5. The third kappa shape index (κ3) is 6.66. The van der Waals surface area contributed by atoms with Crippen molar-refractivity contribution in [2.24, 2.45) is 5.92 Å². The number of hydrogen-bond donors (Lipinski definition) is 2. The van der Waals surface area contributed by atoms with Crippen LogP contribution in [0.25, 0.3) is 0 Å². The Bertz CT molecular complexity index is 1220. The molecule has 2 aromatic carbocycles. The minimum Gasteiger partial charge on any atom is -0.497 e. The Kier molecular flexibility index (Phi) is 9.19. The number of piperidine rings is 1. The average molecular weight is 582 g/mol. The summed E-state index contributed by atoms with van der Waals surface area (Å²) in [6.45, 7) is 1.65. The van der Waals surface area contributed by atoms with Gasteiger partial charge in [-0.25, -0.2) is 0 Å². The van der Waals surface area contributed by atoms with Crippen molar-refractivity contribution in [3.63, 3.8) is 0 Å². The molecule has 0 spiro atoms. The van der Waals surface area contributed by atoms with E-state index in [-0.39, 0.29) is 24.2 Å². The number of anilines is 1. The molecule has 2 amide bonds. The number of ether oxygens (including phenoxy) is 1. The first-order valence-electron chi connectivity index (χ1n) is 13.5. The highest BCUT2D eigenvalue weighted by Gasteiger charge is 2.61. The molecule has 218 valence electrons. The lowest BCUT2D eigenvalue weighted by Gasteiger charge is -2.35. The predicted octanol–water partition coefficient (Wildman–Crippen LogP) is 5.15. The van der Waals surface area contributed by atoms with Crippen LogP contribution in [0.2, 0.25) is 5.02 Å². The molecule has 0 aromatic heterocycles. The number of likely N-dealkylation sites (N-methyl/N-ethyl adjacent to an activating group) is 1. The summed E-state index contributed by atoms with van der Waals surface area (Å²) in [5, 5.41) is 14.0. The number of nitrogens with zero attached hydrogens (tertiary/aromatic N) is 2. The molecule has 1 saturated carbocycles. The fraction of sp³-hybridized carbons (Fsp3) is 0.517. The van der Waals surface area contributed by atoms with Gasteiger partial charge in [0.2, 0.25) is 0 Å². The molecule has 0 bridgehead atoms. The first-order chi connectivity index (χ1) is 18.9. The van der Waals surface area contributed by atoms with E-state index in [9.17, 15) is 27.9 Å². The zero-order chi connectivity index (χ0) is 29.1. The zero-order valence-electron chi connectivity index (χ0n) is 22.6. The van der Waals surface area contributed by atoms with Gasteiger partial charge in [0, 0.05) is 44.0 Å². The Balaban J connectivity index is 1.28. The van der Waals surface area contributed by atoms with Gasteiger partial charge in [-0.1, -0.05) is 23.7 Å². The number of aliphatic hydroxyl groups is 1. The van der Waals surface area contributed by atoms with Crippen molar-refractivity contribution in [2.75, 3.05) is 38.7 Å². The highest BCUT2D eigenvalue weighted by molar-refractivity contribution is 6.34. The largest absolute Gasteiger partial charge is 0.497 e. The third-order valence-corrected chi connectivity index (χ3v) is 8.06. The number of benzene rings is 2. The first kappa shape index (κ1) is 30.0. The summed E-state index contributed by atoms with van der Waals surface area (Å²) in [5.41, 5.74) is -2.84. The number of alkyl halides is 3. The number of rotatable bonds is 10. The van der Waals surface area contributed by atoms with Gasteiger partial charge in [0.05, 0.1) is 17.7 Å². The molecule has 2 aliphatic rings. The fourth-order valence-electron chi connectivity index (χ4n) is 5.11. The minimum absolute atomic E-state index is 0.0847. The molecular formula is C29H35ClF3N3O4. The van der Waals surface area contributed by atoms with Crippen molar-refractivity contribution in [3.05, 3.63) is 58.6 Å². The molecule has 0 unspecified atom stereocenters. The Labute approximate surface area is 237 Å². The summed E-state index contributed by atoms with van der Waals surface area (Å²) in [4.78, 5) is 28.4. The number of halogens is 4. The van der Waals surface area contributed by atoms with Crippen LogP contribution in [0.3, 0.4) is 0 Å². The summed E-state index contributed by atoms with van der Waals surface area (Å²) in [6.07, 6.45) is -0.180. The topological polar surface area (TPSA) is 82.1 Å². The summed E-state index contributed by atoms with van der Waals surface area (Å²) in [5.74, 6) is -1.11. The van der Waals surface area contributed by atoms with Crippen LogP contribution >= 0.6 is 11.6 Å². The number of nitrogens with one attached hydrogen (secondary N) is 1. The fourth-order valence-corrected chi connectivity index (χ4v) is 5.37. The van der Waals surface area contributed by atoms with E-state index >= 15 is 0 Å². The van der Waals surface area contributed by atoms with Crippen LogP contribution in [0.5, 0.6) is 5.75 Å². The molecule has 1 atom stereocenters. The van der Waals surface area contributed by atoms with Crippen molar-refractivity contribution in [1.29, 1.82) is 0 Å². The minimum atomic E-state index is -5.21. The number of carbonyl (C=O) groups excluding carboxylic acids is 2. The molecule has 1 heterocycles. The maximum Gasteiger partial charge on any atom is 0.430 e. The van der Waals surface area contributed by atoms with Gasteiger partial charge in [-0.2, -0.15) is 13.2 Å². The normalized spacial score (nSPS) is 17.7. The molecule has 7 nitrogen and oxygen atoms in total. The van der Waals surface area contributed by atoms with Gasteiger partial charge in [-0.05, 0) is 74.8 Å². The van der Waals surface area contributed by atoms with Gasteiger partial charge in [0.15, 0.2) is 0 Å². The van der Waals surface area contributed by atoms with Crippen molar-refractivity contribution < 1.29 is 32.6 Å². The van der Waals surface area contributed by atoms with Crippen LogP contribution in [0.15, 0.2) is 42.5 Å². The number of amides is 2. The Morgan fingerprint density at radius 2 is 1.82 bits per heavy atom. The smallest absolute Gasteiger partial charge is 0.430 e. The highest BCUT2D eigenvalue weighted by atomic mass is 35.5. The van der Waals surface area contributed by atoms with Crippen LogP contribution < -0.4 is 15.0 Å². The molecule has 1 saturated heterocycles. The van der Waals surface area contributed by atoms with Gasteiger partial charge in [0.25, 0.3) is 17.4 Å². The van der Waals surface area contributed by atoms with Crippen molar-refractivity contribution in [1.82, 2.24) is 10.2 Å². The lowest BCUT2D eigenvalue weighted by Crippen LogP contribution is -2.55. The monoisotopic (exact) mass is 581 g/mol. The Morgan fingerprint density at radius 1 is 1.12 bits per heavy atom. The third-order valence-electron chi connectivity index (χ3n) is 7.75. The quantitative estimate of drug-likeness (QED) is 0.406. The molecule has 1 aliphatic heterocycles. The molecule has 2 aromatic rings. The molecule has 40 heavy (non-hydrogen) atoms. The molecule has 4 rings (SSSR count). The van der Waals surface area contributed by atoms with Gasteiger partial charge in [0.1, 0.15) is 5.75 Å². The van der Waals surface area contributed by atoms with E-state index in [0.717, 1.165) is 67.9 Å².